The first-order chi connectivity index (χ1) is 18.4. The molecule has 1 fully saturated rings. The molecule has 196 valence electrons. The van der Waals surface area contributed by atoms with E-state index < -0.39 is 0 Å². The second-order valence-corrected chi connectivity index (χ2v) is 9.64. The maximum atomic E-state index is 13.0. The van der Waals surface area contributed by atoms with E-state index in [1.54, 1.807) is 10.8 Å². The van der Waals surface area contributed by atoms with Crippen LogP contribution in [0.4, 0.5) is 5.82 Å². The molecule has 1 aliphatic heterocycles. The number of ether oxygens (including phenoxy) is 1. The number of para-hydroxylation sites is 1. The van der Waals surface area contributed by atoms with Gasteiger partial charge in [0.15, 0.2) is 5.82 Å². The molecule has 10 heteroatoms. The molecule has 0 aliphatic carbocycles. The number of anilines is 1. The van der Waals surface area contributed by atoms with E-state index in [9.17, 15) is 9.59 Å². The van der Waals surface area contributed by atoms with E-state index in [4.69, 9.17) is 15.6 Å². The van der Waals surface area contributed by atoms with Crippen LogP contribution in [0.25, 0.3) is 22.2 Å². The fourth-order valence-corrected chi connectivity index (χ4v) is 4.71. The number of nitrogens with one attached hydrogen (secondary N) is 1. The molecule has 1 atom stereocenters. The molecule has 5 rings (SSSR count). The lowest BCUT2D eigenvalue weighted by Crippen LogP contribution is -2.40. The zero-order valence-corrected chi connectivity index (χ0v) is 21.5. The number of nitrogens with zero attached hydrogens (tertiary/aromatic N) is 5. The molecule has 10 nitrogen and oxygen atoms in total. The van der Waals surface area contributed by atoms with Gasteiger partial charge in [-0.2, -0.15) is 10.2 Å². The minimum absolute atomic E-state index is 0.0441. The summed E-state index contributed by atoms with van der Waals surface area (Å²) in [6.45, 7) is 1.80. The van der Waals surface area contributed by atoms with Crippen LogP contribution in [0.15, 0.2) is 71.5 Å². The Morgan fingerprint density at radius 2 is 1.89 bits per heavy atom. The number of hydrogen-bond donors (Lipinski definition) is 2. The van der Waals surface area contributed by atoms with E-state index in [1.807, 2.05) is 84.6 Å². The Morgan fingerprint density at radius 1 is 1.16 bits per heavy atom. The molecule has 0 spiro atoms. The number of carbonyl (C=O) groups is 1. The number of likely N-dealkylation sites (tertiary alicyclic amines) is 1. The van der Waals surface area contributed by atoms with Crippen molar-refractivity contribution in [2.45, 2.75) is 18.9 Å². The quantitative estimate of drug-likeness (QED) is 0.363. The molecule has 1 amide bonds. The predicted octanol–water partition coefficient (Wildman–Crippen LogP) is 3.44. The van der Waals surface area contributed by atoms with Crippen LogP contribution in [0.5, 0.6) is 11.5 Å². The third-order valence-electron chi connectivity index (χ3n) is 6.55. The number of fused-ring (bicyclic) bond motifs is 1. The van der Waals surface area contributed by atoms with Crippen molar-refractivity contribution in [2.24, 2.45) is 0 Å². The van der Waals surface area contributed by atoms with Crippen LogP contribution in [0.3, 0.4) is 0 Å². The number of benzene rings is 2. The maximum Gasteiger partial charge on any atom is 0.290 e. The molecule has 38 heavy (non-hydrogen) atoms. The molecule has 3 heterocycles. The zero-order chi connectivity index (χ0) is 26.6. The lowest BCUT2D eigenvalue weighted by molar-refractivity contribution is -0.127. The Morgan fingerprint density at radius 3 is 2.63 bits per heavy atom. The highest BCUT2D eigenvalue weighted by atomic mass is 16.5. The normalized spacial score (nSPS) is 16.0. The number of carbonyl (C=O) groups excluding carboxylic acids is 1. The van der Waals surface area contributed by atoms with Crippen LogP contribution in [0.2, 0.25) is 0 Å². The summed E-state index contributed by atoms with van der Waals surface area (Å²) >= 11 is 0. The molecule has 0 radical (unpaired) electrons. The highest BCUT2D eigenvalue weighted by molar-refractivity contribution is 5.99. The summed E-state index contributed by atoms with van der Waals surface area (Å²) in [7, 11) is 3.90. The Balaban J connectivity index is 1.46. The standard InChI is InChI=1S/C28H31N7O3/c1-33(2)16-7-11-23(36)34-17-6-8-20(18-34)35-26-24(27(29)30-31-28(26)37)25(32-35)19-12-14-22(15-13-19)38-21-9-4-3-5-10-21/h3-5,7,9-15,20H,6,8,16-18H2,1-2H3,(H2,29,30)(H,31,37)/b11-7+. The van der Waals surface area contributed by atoms with E-state index in [-0.39, 0.29) is 23.3 Å². The van der Waals surface area contributed by atoms with Crippen molar-refractivity contribution in [2.75, 3.05) is 39.5 Å². The summed E-state index contributed by atoms with van der Waals surface area (Å²) in [6.07, 6.45) is 5.06. The molecule has 0 saturated carbocycles. The maximum absolute atomic E-state index is 13.0. The number of rotatable bonds is 7. The van der Waals surface area contributed by atoms with Gasteiger partial charge >= 0.3 is 0 Å². The minimum atomic E-state index is -0.369. The number of H-pyrrole nitrogens is 1. The van der Waals surface area contributed by atoms with Crippen molar-refractivity contribution in [3.63, 3.8) is 0 Å². The number of aromatic amines is 1. The van der Waals surface area contributed by atoms with Gasteiger partial charge in [0.1, 0.15) is 22.7 Å². The Bertz CT molecular complexity index is 1510. The number of aromatic nitrogens is 4. The second kappa shape index (κ2) is 10.9. The smallest absolute Gasteiger partial charge is 0.290 e. The van der Waals surface area contributed by atoms with Crippen molar-refractivity contribution < 1.29 is 9.53 Å². The van der Waals surface area contributed by atoms with Crippen LogP contribution in [-0.4, -0.2) is 69.4 Å². The van der Waals surface area contributed by atoms with Crippen molar-refractivity contribution in [1.82, 2.24) is 29.8 Å². The van der Waals surface area contributed by atoms with Crippen LogP contribution >= 0.6 is 0 Å². The molecule has 0 bridgehead atoms. The van der Waals surface area contributed by atoms with Gasteiger partial charge in [-0.25, -0.2) is 5.10 Å². The Kier molecular flexibility index (Phi) is 7.23. The molecule has 2 aromatic heterocycles. The van der Waals surface area contributed by atoms with Gasteiger partial charge in [0, 0.05) is 31.3 Å². The van der Waals surface area contributed by atoms with Crippen molar-refractivity contribution in [3.05, 3.63) is 77.1 Å². The number of piperidine rings is 1. The van der Waals surface area contributed by atoms with Crippen LogP contribution in [-0.2, 0) is 4.79 Å². The molecule has 1 aliphatic rings. The molecular formula is C28H31N7O3. The van der Waals surface area contributed by atoms with Gasteiger partial charge in [-0.05, 0) is 63.3 Å². The summed E-state index contributed by atoms with van der Waals surface area (Å²) in [4.78, 5) is 29.6. The zero-order valence-electron chi connectivity index (χ0n) is 21.5. The fraction of sp³-hybridized carbons (Fsp3) is 0.286. The average molecular weight is 514 g/mol. The lowest BCUT2D eigenvalue weighted by Gasteiger charge is -2.32. The molecule has 1 unspecified atom stereocenters. The first kappa shape index (κ1) is 25.2. The fourth-order valence-electron chi connectivity index (χ4n) is 4.71. The highest BCUT2D eigenvalue weighted by Gasteiger charge is 2.28. The minimum Gasteiger partial charge on any atom is -0.457 e. The summed E-state index contributed by atoms with van der Waals surface area (Å²) in [6, 6.07) is 16.8. The number of hydrogen-bond acceptors (Lipinski definition) is 7. The number of nitrogens with two attached hydrogens (primary N) is 1. The molecular weight excluding hydrogens is 482 g/mol. The van der Waals surface area contributed by atoms with E-state index in [1.165, 1.54) is 0 Å². The average Bonchev–Trinajstić information content (AvgIpc) is 3.34. The monoisotopic (exact) mass is 513 g/mol. The molecule has 3 N–H and O–H groups in total. The second-order valence-electron chi connectivity index (χ2n) is 9.64. The Hall–Kier alpha value is -4.44. The van der Waals surface area contributed by atoms with Gasteiger partial charge < -0.3 is 20.3 Å². The summed E-state index contributed by atoms with van der Waals surface area (Å²) < 4.78 is 7.63. The predicted molar refractivity (Wildman–Crippen MR) is 147 cm³/mol. The van der Waals surface area contributed by atoms with Gasteiger partial charge in [-0.15, -0.1) is 0 Å². The van der Waals surface area contributed by atoms with Crippen molar-refractivity contribution in [1.29, 1.82) is 0 Å². The van der Waals surface area contributed by atoms with Crippen LogP contribution in [0, 0.1) is 0 Å². The number of amides is 1. The van der Waals surface area contributed by atoms with Gasteiger partial charge in [0.25, 0.3) is 5.56 Å². The van der Waals surface area contributed by atoms with Gasteiger partial charge in [-0.1, -0.05) is 24.3 Å². The first-order valence-corrected chi connectivity index (χ1v) is 12.6. The lowest BCUT2D eigenvalue weighted by atomic mass is 10.1. The molecule has 1 saturated heterocycles. The van der Waals surface area contributed by atoms with Gasteiger partial charge in [-0.3, -0.25) is 14.3 Å². The third kappa shape index (κ3) is 5.30. The van der Waals surface area contributed by atoms with Crippen LogP contribution in [0.1, 0.15) is 18.9 Å². The van der Waals surface area contributed by atoms with E-state index in [0.29, 0.717) is 42.0 Å². The van der Waals surface area contributed by atoms with Crippen molar-refractivity contribution >= 4 is 22.6 Å². The summed E-state index contributed by atoms with van der Waals surface area (Å²) in [5, 5.41) is 11.9. The van der Waals surface area contributed by atoms with E-state index >= 15 is 0 Å². The summed E-state index contributed by atoms with van der Waals surface area (Å²) in [5.41, 5.74) is 7.60. The van der Waals surface area contributed by atoms with Crippen LogP contribution < -0.4 is 16.0 Å². The third-order valence-corrected chi connectivity index (χ3v) is 6.55. The van der Waals surface area contributed by atoms with Crippen molar-refractivity contribution in [3.8, 4) is 22.8 Å². The molecule has 2 aromatic carbocycles. The largest absolute Gasteiger partial charge is 0.457 e. The summed E-state index contributed by atoms with van der Waals surface area (Å²) in [5.74, 6) is 1.57. The van der Waals surface area contributed by atoms with E-state index in [2.05, 4.69) is 10.2 Å². The number of likely N-dealkylation sites (N-methyl/N-ethyl adjacent to an activating group) is 1. The number of nitrogen functional groups attached to an aromatic ring is 1. The highest BCUT2D eigenvalue weighted by Crippen LogP contribution is 2.34. The Labute approximate surface area is 220 Å². The topological polar surface area (TPSA) is 122 Å². The SMILES string of the molecule is CN(C)C/C=C/C(=O)N1CCCC(n2nc(-c3ccc(Oc4ccccc4)cc3)c3c(N)n[nH]c(=O)c32)C1. The van der Waals surface area contributed by atoms with E-state index in [0.717, 1.165) is 24.2 Å². The molecule has 4 aromatic rings. The van der Waals surface area contributed by atoms with Gasteiger partial charge in [0.05, 0.1) is 11.4 Å². The first-order valence-electron chi connectivity index (χ1n) is 12.6. The van der Waals surface area contributed by atoms with Gasteiger partial charge in [0.2, 0.25) is 5.91 Å².